The number of rotatable bonds is 5. The largest absolute Gasteiger partial charge is 0.393 e. The van der Waals surface area contributed by atoms with Crippen LogP contribution in [0.25, 0.3) is 0 Å². The summed E-state index contributed by atoms with van der Waals surface area (Å²) in [4.78, 5) is 0. The Kier molecular flexibility index (Phi) is 4.72. The average molecular weight is 212 g/mol. The Hall–Kier alpha value is -0.930. The minimum absolute atomic E-state index is 0.0218. The lowest BCUT2D eigenvalue weighted by Gasteiger charge is -2.15. The van der Waals surface area contributed by atoms with Gasteiger partial charge in [0.05, 0.1) is 12.2 Å². The van der Waals surface area contributed by atoms with Crippen LogP contribution in [0, 0.1) is 5.82 Å². The molecule has 1 rings (SSSR count). The highest BCUT2D eigenvalue weighted by Gasteiger charge is 2.10. The summed E-state index contributed by atoms with van der Waals surface area (Å²) < 4.78 is 17.9. The van der Waals surface area contributed by atoms with Gasteiger partial charge in [0.25, 0.3) is 0 Å². The fourth-order valence-corrected chi connectivity index (χ4v) is 1.50. The van der Waals surface area contributed by atoms with E-state index in [1.165, 1.54) is 12.1 Å². The molecule has 15 heavy (non-hydrogen) atoms. The van der Waals surface area contributed by atoms with Crippen molar-refractivity contribution in [3.8, 4) is 0 Å². The number of halogens is 1. The number of aliphatic hydroxyl groups is 1. The van der Waals surface area contributed by atoms with Gasteiger partial charge in [-0.1, -0.05) is 12.1 Å². The number of hydrogen-bond acceptors (Lipinski definition) is 2. The van der Waals surface area contributed by atoms with Crippen molar-refractivity contribution in [1.29, 1.82) is 0 Å². The Morgan fingerprint density at radius 1 is 1.47 bits per heavy atom. The van der Waals surface area contributed by atoms with Crippen LogP contribution < -0.4 is 0 Å². The molecule has 1 aromatic rings. The number of benzene rings is 1. The zero-order chi connectivity index (χ0) is 11.3. The van der Waals surface area contributed by atoms with Crippen LogP contribution >= 0.6 is 0 Å². The Labute approximate surface area is 89.7 Å². The Morgan fingerprint density at radius 2 is 2.20 bits per heavy atom. The second kappa shape index (κ2) is 5.83. The minimum atomic E-state index is -0.484. The fraction of sp³-hybridized carbons (Fsp3) is 0.500. The van der Waals surface area contributed by atoms with Crippen molar-refractivity contribution in [3.63, 3.8) is 0 Å². The summed E-state index contributed by atoms with van der Waals surface area (Å²) in [7, 11) is 1.61. The molecule has 3 heteroatoms. The first-order chi connectivity index (χ1) is 7.11. The van der Waals surface area contributed by atoms with Crippen molar-refractivity contribution >= 4 is 0 Å². The third-order valence-electron chi connectivity index (χ3n) is 2.37. The lowest BCUT2D eigenvalue weighted by atomic mass is 10.0. The monoisotopic (exact) mass is 212 g/mol. The van der Waals surface area contributed by atoms with Crippen molar-refractivity contribution in [2.24, 2.45) is 0 Å². The molecule has 0 saturated carbocycles. The summed E-state index contributed by atoms with van der Waals surface area (Å²) in [6.45, 7) is 1.90. The molecule has 2 atom stereocenters. The van der Waals surface area contributed by atoms with Gasteiger partial charge in [0.2, 0.25) is 0 Å². The van der Waals surface area contributed by atoms with Gasteiger partial charge in [-0.3, -0.25) is 0 Å². The summed E-state index contributed by atoms with van der Waals surface area (Å²) in [5, 5.41) is 9.69. The van der Waals surface area contributed by atoms with Crippen molar-refractivity contribution in [2.45, 2.75) is 32.0 Å². The van der Waals surface area contributed by atoms with Crippen LogP contribution in [0.1, 0.15) is 18.9 Å². The molecule has 2 unspecified atom stereocenters. The van der Waals surface area contributed by atoms with E-state index in [2.05, 4.69) is 0 Å². The third kappa shape index (κ3) is 4.40. The molecule has 0 bridgehead atoms. The number of methoxy groups -OCH3 is 1. The van der Waals surface area contributed by atoms with Crippen LogP contribution in [0.4, 0.5) is 4.39 Å². The summed E-state index contributed by atoms with van der Waals surface area (Å²) in [6.07, 6.45) is 0.564. The number of ether oxygens (including phenoxy) is 1. The van der Waals surface area contributed by atoms with Gasteiger partial charge in [-0.2, -0.15) is 0 Å². The first-order valence-electron chi connectivity index (χ1n) is 5.07. The molecule has 0 heterocycles. The molecule has 0 aliphatic heterocycles. The van der Waals surface area contributed by atoms with E-state index in [1.807, 2.05) is 13.0 Å². The standard InChI is InChI=1S/C12H17FO2/c1-9(15-2)6-12(14)8-10-4-3-5-11(13)7-10/h3-5,7,9,12,14H,6,8H2,1-2H3. The zero-order valence-electron chi connectivity index (χ0n) is 9.11. The quantitative estimate of drug-likeness (QED) is 0.810. The smallest absolute Gasteiger partial charge is 0.123 e. The average Bonchev–Trinajstić information content (AvgIpc) is 2.17. The number of hydrogen-bond donors (Lipinski definition) is 1. The van der Waals surface area contributed by atoms with Gasteiger partial charge < -0.3 is 9.84 Å². The van der Waals surface area contributed by atoms with E-state index in [1.54, 1.807) is 13.2 Å². The van der Waals surface area contributed by atoms with E-state index in [-0.39, 0.29) is 11.9 Å². The predicted octanol–water partition coefficient (Wildman–Crippen LogP) is 2.15. The van der Waals surface area contributed by atoms with Crippen molar-refractivity contribution < 1.29 is 14.2 Å². The van der Waals surface area contributed by atoms with Crippen LogP contribution in [-0.2, 0) is 11.2 Å². The SMILES string of the molecule is COC(C)CC(O)Cc1cccc(F)c1. The Bertz CT molecular complexity index is 301. The van der Waals surface area contributed by atoms with Crippen LogP contribution in [0.5, 0.6) is 0 Å². The van der Waals surface area contributed by atoms with Crippen LogP contribution in [0.2, 0.25) is 0 Å². The minimum Gasteiger partial charge on any atom is -0.393 e. The molecule has 0 aromatic heterocycles. The van der Waals surface area contributed by atoms with Crippen LogP contribution in [0.3, 0.4) is 0 Å². The maximum atomic E-state index is 12.8. The molecule has 0 aliphatic rings. The van der Waals surface area contributed by atoms with Crippen molar-refractivity contribution in [1.82, 2.24) is 0 Å². The van der Waals surface area contributed by atoms with Crippen molar-refractivity contribution in [3.05, 3.63) is 35.6 Å². The molecular weight excluding hydrogens is 195 g/mol. The molecule has 0 fully saturated rings. The maximum absolute atomic E-state index is 12.8. The van der Waals surface area contributed by atoms with Gasteiger partial charge in [0.1, 0.15) is 5.82 Å². The van der Waals surface area contributed by atoms with Crippen LogP contribution in [0.15, 0.2) is 24.3 Å². The molecule has 0 amide bonds. The molecule has 1 aromatic carbocycles. The lowest BCUT2D eigenvalue weighted by Crippen LogP contribution is -2.19. The molecule has 0 radical (unpaired) electrons. The first-order valence-corrected chi connectivity index (χ1v) is 5.07. The summed E-state index contributed by atoms with van der Waals surface area (Å²) in [6, 6.07) is 6.30. The molecule has 84 valence electrons. The molecule has 1 N–H and O–H groups in total. The van der Waals surface area contributed by atoms with E-state index in [9.17, 15) is 9.50 Å². The normalized spacial score (nSPS) is 14.9. The zero-order valence-corrected chi connectivity index (χ0v) is 9.11. The highest BCUT2D eigenvalue weighted by molar-refractivity contribution is 5.17. The summed E-state index contributed by atoms with van der Waals surface area (Å²) in [5.74, 6) is -0.264. The van der Waals surface area contributed by atoms with Crippen molar-refractivity contribution in [2.75, 3.05) is 7.11 Å². The summed E-state index contributed by atoms with van der Waals surface area (Å²) in [5.41, 5.74) is 0.811. The van der Waals surface area contributed by atoms with Gasteiger partial charge in [0, 0.05) is 7.11 Å². The summed E-state index contributed by atoms with van der Waals surface area (Å²) >= 11 is 0. The predicted molar refractivity (Wildman–Crippen MR) is 57.2 cm³/mol. The lowest BCUT2D eigenvalue weighted by molar-refractivity contribution is 0.0565. The van der Waals surface area contributed by atoms with Gasteiger partial charge >= 0.3 is 0 Å². The van der Waals surface area contributed by atoms with E-state index in [0.29, 0.717) is 12.8 Å². The van der Waals surface area contributed by atoms with Gasteiger partial charge in [-0.05, 0) is 37.5 Å². The van der Waals surface area contributed by atoms with E-state index in [0.717, 1.165) is 5.56 Å². The second-order valence-electron chi connectivity index (χ2n) is 3.77. The molecule has 0 aliphatic carbocycles. The highest BCUT2D eigenvalue weighted by atomic mass is 19.1. The molecule has 0 spiro atoms. The molecular formula is C12H17FO2. The van der Waals surface area contributed by atoms with Gasteiger partial charge in [-0.25, -0.2) is 4.39 Å². The molecule has 2 nitrogen and oxygen atoms in total. The van der Waals surface area contributed by atoms with Gasteiger partial charge in [0.15, 0.2) is 0 Å². The third-order valence-corrected chi connectivity index (χ3v) is 2.37. The first kappa shape index (κ1) is 12.1. The van der Waals surface area contributed by atoms with Gasteiger partial charge in [-0.15, -0.1) is 0 Å². The van der Waals surface area contributed by atoms with Crippen LogP contribution in [-0.4, -0.2) is 24.4 Å². The van der Waals surface area contributed by atoms with E-state index in [4.69, 9.17) is 4.74 Å². The molecule has 0 saturated heterocycles. The fourth-order valence-electron chi connectivity index (χ4n) is 1.50. The van der Waals surface area contributed by atoms with E-state index < -0.39 is 6.10 Å². The van der Waals surface area contributed by atoms with E-state index >= 15 is 0 Å². The topological polar surface area (TPSA) is 29.5 Å². The number of aliphatic hydroxyl groups excluding tert-OH is 1. The Morgan fingerprint density at radius 3 is 2.80 bits per heavy atom. The second-order valence-corrected chi connectivity index (χ2v) is 3.77. The Balaban J connectivity index is 2.47. The highest BCUT2D eigenvalue weighted by Crippen LogP contribution is 2.10. The maximum Gasteiger partial charge on any atom is 0.123 e.